The second kappa shape index (κ2) is 10.4. The van der Waals surface area contributed by atoms with Crippen LogP contribution in [0.25, 0.3) is 0 Å². The predicted octanol–water partition coefficient (Wildman–Crippen LogP) is 6.14. The van der Waals surface area contributed by atoms with Gasteiger partial charge in [0.2, 0.25) is 0 Å². The van der Waals surface area contributed by atoms with E-state index in [1.807, 2.05) is 45.0 Å². The van der Waals surface area contributed by atoms with E-state index in [2.05, 4.69) is 60.7 Å². The van der Waals surface area contributed by atoms with E-state index < -0.39 is 5.41 Å². The summed E-state index contributed by atoms with van der Waals surface area (Å²) in [7, 11) is -0.172. The highest BCUT2D eigenvalue weighted by Crippen LogP contribution is 2.31. The Morgan fingerprint density at radius 3 is 1.77 bits per heavy atom. The minimum atomic E-state index is -0.452. The normalized spacial score (nSPS) is 11.3. The molecule has 0 N–H and O–H groups in total. The minimum absolute atomic E-state index is 0.172. The molecule has 4 heteroatoms. The van der Waals surface area contributed by atoms with Crippen LogP contribution in [0.4, 0.5) is 0 Å². The van der Waals surface area contributed by atoms with Gasteiger partial charge in [-0.15, -0.1) is 0 Å². The Morgan fingerprint density at radius 2 is 1.27 bits per heavy atom. The summed E-state index contributed by atoms with van der Waals surface area (Å²) in [5.74, 6) is 0.591. The van der Waals surface area contributed by atoms with Gasteiger partial charge in [-0.2, -0.15) is 0 Å². The van der Waals surface area contributed by atoms with Gasteiger partial charge in [-0.25, -0.2) is 0 Å². The van der Waals surface area contributed by atoms with Crippen molar-refractivity contribution in [3.05, 3.63) is 84.9 Å². The van der Waals surface area contributed by atoms with Gasteiger partial charge in [-0.05, 0) is 68.8 Å². The van der Waals surface area contributed by atoms with Crippen molar-refractivity contribution in [2.24, 2.45) is 5.41 Å². The fraction of sp³-hybridized carbons (Fsp3) is 0.269. The summed E-state index contributed by atoms with van der Waals surface area (Å²) >= 11 is 0. The highest BCUT2D eigenvalue weighted by molar-refractivity contribution is 7.97. The molecule has 0 amide bonds. The smallest absolute Gasteiger partial charge is 0.311 e. The van der Waals surface area contributed by atoms with Gasteiger partial charge in [0.05, 0.1) is 16.3 Å². The third-order valence-electron chi connectivity index (χ3n) is 5.04. The quantitative estimate of drug-likeness (QED) is 0.236. The third-order valence-corrected chi connectivity index (χ3v) is 7.27. The molecule has 3 rings (SSSR count). The number of hydrogen-bond acceptors (Lipinski definition) is 3. The molecule has 0 heterocycles. The van der Waals surface area contributed by atoms with Crippen molar-refractivity contribution in [1.82, 2.24) is 0 Å². The monoisotopic (exact) mass is 421 g/mol. The summed E-state index contributed by atoms with van der Waals surface area (Å²) in [5.41, 5.74) is -0.452. The Bertz CT molecular complexity index is 882. The molecule has 3 nitrogen and oxygen atoms in total. The van der Waals surface area contributed by atoms with Crippen molar-refractivity contribution in [3.63, 3.8) is 0 Å². The molecule has 0 saturated heterocycles. The topological polar surface area (TPSA) is 35.5 Å². The van der Waals surface area contributed by atoms with Gasteiger partial charge in [0.1, 0.15) is 19.0 Å². The standard InChI is InChI=1S/C26H29O3S/c1-4-26(2,3)25(27)29-20-19-28-21-15-17-24(18-16-21)30(22-11-7-5-8-12-22)23-13-9-6-10-14-23/h5-18H,4,19-20H2,1-3H3/q+1. The van der Waals surface area contributed by atoms with Crippen LogP contribution in [-0.4, -0.2) is 19.2 Å². The molecule has 0 bridgehead atoms. The molecule has 0 aliphatic carbocycles. The highest BCUT2D eigenvalue weighted by Gasteiger charge is 2.28. The van der Waals surface area contributed by atoms with Crippen LogP contribution in [0.1, 0.15) is 27.2 Å². The third kappa shape index (κ3) is 5.67. The van der Waals surface area contributed by atoms with Gasteiger partial charge in [-0.1, -0.05) is 43.3 Å². The van der Waals surface area contributed by atoms with E-state index in [1.165, 1.54) is 14.7 Å². The Labute approximate surface area is 182 Å². The van der Waals surface area contributed by atoms with Crippen LogP contribution in [0.2, 0.25) is 0 Å². The molecule has 0 spiro atoms. The summed E-state index contributed by atoms with van der Waals surface area (Å²) in [6, 6.07) is 29.3. The first-order valence-corrected chi connectivity index (χ1v) is 11.5. The summed E-state index contributed by atoms with van der Waals surface area (Å²) < 4.78 is 11.1. The maximum absolute atomic E-state index is 12.0. The summed E-state index contributed by atoms with van der Waals surface area (Å²) in [6.07, 6.45) is 0.749. The van der Waals surface area contributed by atoms with Gasteiger partial charge >= 0.3 is 5.97 Å². The molecule has 0 fully saturated rings. The first-order chi connectivity index (χ1) is 14.5. The Balaban J connectivity index is 1.65. The van der Waals surface area contributed by atoms with Crippen molar-refractivity contribution < 1.29 is 14.3 Å². The van der Waals surface area contributed by atoms with Gasteiger partial charge in [0.15, 0.2) is 14.7 Å². The zero-order valence-electron chi connectivity index (χ0n) is 17.8. The van der Waals surface area contributed by atoms with E-state index in [9.17, 15) is 4.79 Å². The van der Waals surface area contributed by atoms with Crippen LogP contribution in [0, 0.1) is 5.41 Å². The molecule has 3 aromatic carbocycles. The largest absolute Gasteiger partial charge is 0.490 e. The number of ether oxygens (including phenoxy) is 2. The zero-order valence-corrected chi connectivity index (χ0v) is 18.7. The molecule has 0 unspecified atom stereocenters. The van der Waals surface area contributed by atoms with E-state index in [4.69, 9.17) is 9.47 Å². The molecule has 0 aromatic heterocycles. The van der Waals surface area contributed by atoms with Crippen LogP contribution < -0.4 is 4.74 Å². The van der Waals surface area contributed by atoms with Crippen molar-refractivity contribution >= 4 is 16.9 Å². The number of benzene rings is 3. The van der Waals surface area contributed by atoms with E-state index in [0.717, 1.165) is 12.2 Å². The number of carbonyl (C=O) groups is 1. The van der Waals surface area contributed by atoms with Crippen LogP contribution >= 0.6 is 0 Å². The van der Waals surface area contributed by atoms with Crippen molar-refractivity contribution in [2.75, 3.05) is 13.2 Å². The first kappa shape index (κ1) is 22.0. The number of esters is 1. The van der Waals surface area contributed by atoms with Gasteiger partial charge in [-0.3, -0.25) is 4.79 Å². The maximum atomic E-state index is 12.0. The van der Waals surface area contributed by atoms with Gasteiger partial charge in [0.25, 0.3) is 0 Å². The van der Waals surface area contributed by atoms with Crippen LogP contribution in [0.3, 0.4) is 0 Å². The predicted molar refractivity (Wildman–Crippen MR) is 122 cm³/mol. The molecule has 0 saturated carbocycles. The average Bonchev–Trinajstić information content (AvgIpc) is 2.79. The fourth-order valence-corrected chi connectivity index (χ4v) is 4.91. The van der Waals surface area contributed by atoms with Crippen molar-refractivity contribution in [1.29, 1.82) is 0 Å². The van der Waals surface area contributed by atoms with E-state index in [-0.39, 0.29) is 23.5 Å². The van der Waals surface area contributed by atoms with Gasteiger partial charge < -0.3 is 9.47 Å². The summed E-state index contributed by atoms with van der Waals surface area (Å²) in [6.45, 7) is 6.37. The highest BCUT2D eigenvalue weighted by atomic mass is 32.2. The molecule has 0 atom stereocenters. The second-order valence-corrected chi connectivity index (χ2v) is 9.65. The van der Waals surface area contributed by atoms with Crippen LogP contribution in [0.15, 0.2) is 99.6 Å². The van der Waals surface area contributed by atoms with Crippen molar-refractivity contribution in [3.8, 4) is 5.75 Å². The number of carbonyl (C=O) groups excluding carboxylic acids is 1. The first-order valence-electron chi connectivity index (χ1n) is 10.3. The fourth-order valence-electron chi connectivity index (χ4n) is 2.83. The lowest BCUT2D eigenvalue weighted by Crippen LogP contribution is -2.27. The molecule has 0 aliphatic rings. The van der Waals surface area contributed by atoms with Gasteiger partial charge in [0, 0.05) is 0 Å². The molecule has 0 radical (unpaired) electrons. The second-order valence-electron chi connectivity index (χ2n) is 7.63. The lowest BCUT2D eigenvalue weighted by atomic mass is 9.91. The lowest BCUT2D eigenvalue weighted by Gasteiger charge is -2.20. The SMILES string of the molecule is CCC(C)(C)C(=O)OCCOc1ccc([S+](c2ccccc2)c2ccccc2)cc1. The lowest BCUT2D eigenvalue weighted by molar-refractivity contribution is -0.154. The average molecular weight is 422 g/mol. The molecule has 156 valence electrons. The maximum Gasteiger partial charge on any atom is 0.311 e. The summed E-state index contributed by atoms with van der Waals surface area (Å²) in [5, 5.41) is 0. The molecular formula is C26H29O3S+. The van der Waals surface area contributed by atoms with Crippen LogP contribution in [0.5, 0.6) is 5.75 Å². The molecule has 30 heavy (non-hydrogen) atoms. The van der Waals surface area contributed by atoms with Crippen LogP contribution in [-0.2, 0) is 20.4 Å². The summed E-state index contributed by atoms with van der Waals surface area (Å²) in [4.78, 5) is 15.8. The van der Waals surface area contributed by atoms with Crippen molar-refractivity contribution in [2.45, 2.75) is 41.9 Å². The number of hydrogen-bond donors (Lipinski definition) is 0. The Hall–Kier alpha value is -2.72. The zero-order chi connectivity index (χ0) is 21.4. The van der Waals surface area contributed by atoms with E-state index >= 15 is 0 Å². The van der Waals surface area contributed by atoms with E-state index in [1.54, 1.807) is 0 Å². The molecule has 0 aliphatic heterocycles. The Morgan fingerprint density at radius 1 is 0.767 bits per heavy atom. The number of rotatable bonds is 9. The molecule has 3 aromatic rings. The van der Waals surface area contributed by atoms with E-state index in [0.29, 0.717) is 6.61 Å². The minimum Gasteiger partial charge on any atom is -0.490 e. The molecular weight excluding hydrogens is 392 g/mol. The Kier molecular flexibility index (Phi) is 7.58.